The van der Waals surface area contributed by atoms with Crippen molar-refractivity contribution in [2.75, 3.05) is 13.2 Å². The van der Waals surface area contributed by atoms with E-state index in [0.29, 0.717) is 6.61 Å². The molecule has 5 nitrogen and oxygen atoms in total. The second-order valence-corrected chi connectivity index (χ2v) is 5.61. The maximum Gasteiger partial charge on any atom is 0.325 e. The quantitative estimate of drug-likeness (QED) is 0.757. The van der Waals surface area contributed by atoms with Gasteiger partial charge >= 0.3 is 5.97 Å². The molecule has 2 aliphatic rings. The Bertz CT molecular complexity index is 334. The Balaban J connectivity index is 1.91. The molecule has 2 N–H and O–H groups in total. The van der Waals surface area contributed by atoms with Crippen molar-refractivity contribution in [2.45, 2.75) is 57.5 Å². The molecular weight excluding hydrogens is 244 g/mol. The number of ether oxygens (including phenoxy) is 1. The van der Waals surface area contributed by atoms with E-state index in [0.717, 1.165) is 38.5 Å². The van der Waals surface area contributed by atoms with Gasteiger partial charge in [0.05, 0.1) is 6.61 Å². The van der Waals surface area contributed by atoms with Gasteiger partial charge in [0.1, 0.15) is 6.54 Å². The summed E-state index contributed by atoms with van der Waals surface area (Å²) in [6.07, 6.45) is 5.55. The van der Waals surface area contributed by atoms with Gasteiger partial charge in [-0.15, -0.1) is 0 Å². The van der Waals surface area contributed by atoms with Crippen LogP contribution in [-0.2, 0) is 14.3 Å². The first-order valence-electron chi connectivity index (χ1n) is 7.33. The topological polar surface area (TPSA) is 72.6 Å². The summed E-state index contributed by atoms with van der Waals surface area (Å²) in [5, 5.41) is 0. The van der Waals surface area contributed by atoms with Crippen LogP contribution < -0.4 is 5.73 Å². The monoisotopic (exact) mass is 268 g/mol. The van der Waals surface area contributed by atoms with E-state index in [2.05, 4.69) is 0 Å². The first-order chi connectivity index (χ1) is 9.11. The van der Waals surface area contributed by atoms with Gasteiger partial charge in [-0.1, -0.05) is 0 Å². The lowest BCUT2D eigenvalue weighted by molar-refractivity contribution is -0.151. The minimum Gasteiger partial charge on any atom is -0.465 e. The fourth-order valence-corrected chi connectivity index (χ4v) is 2.72. The predicted molar refractivity (Wildman–Crippen MR) is 71.3 cm³/mol. The number of carbonyl (C=O) groups is 2. The third kappa shape index (κ3) is 3.93. The fourth-order valence-electron chi connectivity index (χ4n) is 2.72. The van der Waals surface area contributed by atoms with Crippen LogP contribution in [0.15, 0.2) is 0 Å². The molecule has 2 saturated carbocycles. The van der Waals surface area contributed by atoms with Crippen molar-refractivity contribution in [2.24, 2.45) is 11.7 Å². The van der Waals surface area contributed by atoms with E-state index >= 15 is 0 Å². The standard InChI is InChI=1S/C14H24N2O3/c1-2-19-13(17)9-16(12-7-8-12)14(18)10-3-5-11(15)6-4-10/h10-12H,2-9,15H2,1H3. The summed E-state index contributed by atoms with van der Waals surface area (Å²) >= 11 is 0. The molecule has 5 heteroatoms. The largest absolute Gasteiger partial charge is 0.465 e. The number of carbonyl (C=O) groups excluding carboxylic acids is 2. The van der Waals surface area contributed by atoms with Gasteiger partial charge in [0.15, 0.2) is 0 Å². The van der Waals surface area contributed by atoms with Gasteiger partial charge in [0.2, 0.25) is 5.91 Å². The second kappa shape index (κ2) is 6.37. The lowest BCUT2D eigenvalue weighted by Crippen LogP contribution is -2.43. The summed E-state index contributed by atoms with van der Waals surface area (Å²) in [6.45, 7) is 2.26. The lowest BCUT2D eigenvalue weighted by atomic mass is 9.85. The van der Waals surface area contributed by atoms with Crippen LogP contribution in [0.1, 0.15) is 45.4 Å². The summed E-state index contributed by atoms with van der Waals surface area (Å²) in [5.74, 6) is -0.118. The summed E-state index contributed by atoms with van der Waals surface area (Å²) in [7, 11) is 0. The molecule has 0 heterocycles. The number of nitrogens with zero attached hydrogens (tertiary/aromatic N) is 1. The molecule has 19 heavy (non-hydrogen) atoms. The van der Waals surface area contributed by atoms with Crippen molar-refractivity contribution >= 4 is 11.9 Å². The molecule has 0 unspecified atom stereocenters. The molecule has 0 radical (unpaired) electrons. The Morgan fingerprint density at radius 3 is 2.32 bits per heavy atom. The van der Waals surface area contributed by atoms with Gasteiger partial charge in [-0.3, -0.25) is 9.59 Å². The number of esters is 1. The Morgan fingerprint density at radius 1 is 1.16 bits per heavy atom. The van der Waals surface area contributed by atoms with Crippen LogP contribution in [0.25, 0.3) is 0 Å². The number of amides is 1. The summed E-state index contributed by atoms with van der Waals surface area (Å²) in [6, 6.07) is 0.496. The molecule has 0 aromatic heterocycles. The molecule has 2 rings (SSSR count). The summed E-state index contributed by atoms with van der Waals surface area (Å²) in [5.41, 5.74) is 5.87. The Morgan fingerprint density at radius 2 is 1.79 bits per heavy atom. The van der Waals surface area contributed by atoms with Gasteiger partial charge in [0, 0.05) is 18.0 Å². The first kappa shape index (κ1) is 14.3. The van der Waals surface area contributed by atoms with E-state index in [9.17, 15) is 9.59 Å². The third-order valence-corrected chi connectivity index (χ3v) is 4.00. The summed E-state index contributed by atoms with van der Waals surface area (Å²) < 4.78 is 4.95. The van der Waals surface area contributed by atoms with E-state index in [1.807, 2.05) is 0 Å². The van der Waals surface area contributed by atoms with Crippen LogP contribution in [0.2, 0.25) is 0 Å². The maximum absolute atomic E-state index is 12.5. The van der Waals surface area contributed by atoms with Gasteiger partial charge in [-0.05, 0) is 45.4 Å². The predicted octanol–water partition coefficient (Wildman–Crippen LogP) is 1.06. The molecule has 0 bridgehead atoms. The molecule has 0 atom stereocenters. The molecule has 0 aromatic rings. The molecule has 1 amide bonds. The van der Waals surface area contributed by atoms with Crippen molar-refractivity contribution in [1.29, 1.82) is 0 Å². The van der Waals surface area contributed by atoms with Gasteiger partial charge in [0.25, 0.3) is 0 Å². The summed E-state index contributed by atoms with van der Waals surface area (Å²) in [4.78, 5) is 25.8. The van der Waals surface area contributed by atoms with Crippen LogP contribution in [0, 0.1) is 5.92 Å². The molecule has 2 fully saturated rings. The van der Waals surface area contributed by atoms with Crippen LogP contribution in [0.3, 0.4) is 0 Å². The highest BCUT2D eigenvalue weighted by atomic mass is 16.5. The lowest BCUT2D eigenvalue weighted by Gasteiger charge is -2.30. The zero-order valence-electron chi connectivity index (χ0n) is 11.6. The molecule has 0 saturated heterocycles. The van der Waals surface area contributed by atoms with Gasteiger partial charge in [-0.25, -0.2) is 0 Å². The van der Waals surface area contributed by atoms with E-state index in [1.165, 1.54) is 0 Å². The number of hydrogen-bond acceptors (Lipinski definition) is 4. The average Bonchev–Trinajstić information content (AvgIpc) is 3.21. The molecule has 0 spiro atoms. The second-order valence-electron chi connectivity index (χ2n) is 5.61. The fraction of sp³-hybridized carbons (Fsp3) is 0.857. The van der Waals surface area contributed by atoms with E-state index < -0.39 is 0 Å². The van der Waals surface area contributed by atoms with Crippen LogP contribution in [0.4, 0.5) is 0 Å². The SMILES string of the molecule is CCOC(=O)CN(C(=O)C1CCC(N)CC1)C1CC1. The van der Waals surface area contributed by atoms with Crippen molar-refractivity contribution in [3.8, 4) is 0 Å². The molecule has 0 aliphatic heterocycles. The molecule has 108 valence electrons. The average molecular weight is 268 g/mol. The van der Waals surface area contributed by atoms with E-state index in [1.54, 1.807) is 11.8 Å². The van der Waals surface area contributed by atoms with Crippen molar-refractivity contribution in [3.05, 3.63) is 0 Å². The Hall–Kier alpha value is -1.10. The van der Waals surface area contributed by atoms with Crippen LogP contribution >= 0.6 is 0 Å². The van der Waals surface area contributed by atoms with Crippen LogP contribution in [0.5, 0.6) is 0 Å². The number of hydrogen-bond donors (Lipinski definition) is 1. The first-order valence-corrected chi connectivity index (χ1v) is 7.33. The highest BCUT2D eigenvalue weighted by Gasteiger charge is 2.37. The minimum absolute atomic E-state index is 0.0508. The van der Waals surface area contributed by atoms with Crippen molar-refractivity contribution in [1.82, 2.24) is 4.90 Å². The van der Waals surface area contributed by atoms with Crippen molar-refractivity contribution in [3.63, 3.8) is 0 Å². The normalized spacial score (nSPS) is 26.8. The van der Waals surface area contributed by atoms with E-state index in [4.69, 9.17) is 10.5 Å². The van der Waals surface area contributed by atoms with Gasteiger partial charge in [-0.2, -0.15) is 0 Å². The highest BCUT2D eigenvalue weighted by Crippen LogP contribution is 2.31. The minimum atomic E-state index is -0.296. The Labute approximate surface area is 114 Å². The third-order valence-electron chi connectivity index (χ3n) is 4.00. The highest BCUT2D eigenvalue weighted by molar-refractivity contribution is 5.84. The van der Waals surface area contributed by atoms with Crippen LogP contribution in [-0.4, -0.2) is 42.0 Å². The Kier molecular flexibility index (Phi) is 4.80. The smallest absolute Gasteiger partial charge is 0.325 e. The molecule has 2 aliphatic carbocycles. The maximum atomic E-state index is 12.5. The molecular formula is C14H24N2O3. The zero-order chi connectivity index (χ0) is 13.8. The van der Waals surface area contributed by atoms with E-state index in [-0.39, 0.29) is 36.4 Å². The van der Waals surface area contributed by atoms with Gasteiger partial charge < -0.3 is 15.4 Å². The number of nitrogens with two attached hydrogens (primary N) is 1. The van der Waals surface area contributed by atoms with Crippen molar-refractivity contribution < 1.29 is 14.3 Å². The zero-order valence-corrected chi connectivity index (χ0v) is 11.6. The molecule has 0 aromatic carbocycles. The number of rotatable bonds is 5.